The van der Waals surface area contributed by atoms with Crippen LogP contribution in [0.3, 0.4) is 0 Å². The topological polar surface area (TPSA) is 91.2 Å². The summed E-state index contributed by atoms with van der Waals surface area (Å²) >= 11 is 1.20. The van der Waals surface area contributed by atoms with E-state index >= 15 is 0 Å². The molecule has 0 saturated carbocycles. The second kappa shape index (κ2) is 10.1. The number of amidine groups is 2. The van der Waals surface area contributed by atoms with E-state index in [1.807, 2.05) is 72.8 Å². The van der Waals surface area contributed by atoms with Gasteiger partial charge < -0.3 is 5.32 Å². The van der Waals surface area contributed by atoms with E-state index in [-0.39, 0.29) is 29.8 Å². The van der Waals surface area contributed by atoms with Crippen LogP contribution in [0.2, 0.25) is 0 Å². The minimum atomic E-state index is -0.845. The number of carbonyl (C=O) groups excluding carboxylic acids is 3. The van der Waals surface area contributed by atoms with Gasteiger partial charge in [-0.05, 0) is 17.7 Å². The molecule has 0 unspecified atom stereocenters. The minimum Gasteiger partial charge on any atom is -0.352 e. The molecule has 3 aromatic rings. The Morgan fingerprint density at radius 3 is 2.37 bits per heavy atom. The molecule has 174 valence electrons. The first-order chi connectivity index (χ1) is 17.1. The molecule has 2 aliphatic heterocycles. The standard InChI is InChI=1S/C27H22N4O3S/c32-23(19-11-5-2-6-12-19)17-35-27-30-21-14-8-7-13-20(21)25-29-22(26(34)31(25)27)15-24(33)28-16-18-9-3-1-4-10-18/h1-14,22H,15-17H2,(H,28,33)/t22-/m0/s1. The molecule has 1 N–H and O–H groups in total. The van der Waals surface area contributed by atoms with Crippen molar-refractivity contribution in [2.45, 2.75) is 19.0 Å². The van der Waals surface area contributed by atoms with Crippen LogP contribution in [0.25, 0.3) is 0 Å². The van der Waals surface area contributed by atoms with Gasteiger partial charge in [-0.1, -0.05) is 84.6 Å². The van der Waals surface area contributed by atoms with Gasteiger partial charge >= 0.3 is 0 Å². The third-order valence-electron chi connectivity index (χ3n) is 5.69. The van der Waals surface area contributed by atoms with E-state index in [1.165, 1.54) is 16.7 Å². The van der Waals surface area contributed by atoms with Crippen molar-refractivity contribution in [3.8, 4) is 0 Å². The summed E-state index contributed by atoms with van der Waals surface area (Å²) in [5.74, 6) is -0.0299. The Labute approximate surface area is 207 Å². The molecule has 0 aliphatic carbocycles. The first-order valence-corrected chi connectivity index (χ1v) is 12.2. The fourth-order valence-electron chi connectivity index (χ4n) is 3.91. The Morgan fingerprint density at radius 1 is 0.914 bits per heavy atom. The highest BCUT2D eigenvalue weighted by Gasteiger charge is 2.42. The maximum Gasteiger partial charge on any atom is 0.259 e. The molecule has 5 rings (SSSR count). The Bertz CT molecular complexity index is 1340. The van der Waals surface area contributed by atoms with Crippen LogP contribution in [0.5, 0.6) is 0 Å². The van der Waals surface area contributed by atoms with Crippen LogP contribution >= 0.6 is 11.8 Å². The van der Waals surface area contributed by atoms with Gasteiger partial charge in [-0.3, -0.25) is 19.4 Å². The number of Topliss-reactive ketones (excluding diaryl/α,β-unsaturated/α-hetero) is 1. The van der Waals surface area contributed by atoms with Crippen molar-refractivity contribution in [1.82, 2.24) is 10.2 Å². The number of hydrogen-bond acceptors (Lipinski definition) is 6. The zero-order valence-corrected chi connectivity index (χ0v) is 19.6. The summed E-state index contributed by atoms with van der Waals surface area (Å²) < 4.78 is 0. The SMILES string of the molecule is O=C(C[C@@H]1N=C2c3ccccc3N=C(SCC(=O)c3ccccc3)N2C1=O)NCc1ccccc1. The van der Waals surface area contributed by atoms with Crippen molar-refractivity contribution in [3.05, 3.63) is 102 Å². The number of nitrogens with zero attached hydrogens (tertiary/aromatic N) is 3. The molecule has 3 aromatic carbocycles. The molecule has 0 fully saturated rings. The first-order valence-electron chi connectivity index (χ1n) is 11.2. The molecule has 0 saturated heterocycles. The lowest BCUT2D eigenvalue weighted by Gasteiger charge is -2.25. The molecule has 0 radical (unpaired) electrons. The Balaban J connectivity index is 1.32. The molecule has 2 heterocycles. The van der Waals surface area contributed by atoms with Gasteiger partial charge in [0.15, 0.2) is 11.0 Å². The molecule has 0 bridgehead atoms. The van der Waals surface area contributed by atoms with Crippen molar-refractivity contribution in [1.29, 1.82) is 0 Å². The van der Waals surface area contributed by atoms with Crippen LogP contribution < -0.4 is 5.32 Å². The number of nitrogens with one attached hydrogen (secondary N) is 1. The summed E-state index contributed by atoms with van der Waals surface area (Å²) in [4.78, 5) is 49.3. The Hall–Kier alpha value is -4.04. The van der Waals surface area contributed by atoms with Crippen molar-refractivity contribution < 1.29 is 14.4 Å². The lowest BCUT2D eigenvalue weighted by atomic mass is 10.1. The molecule has 2 amide bonds. The van der Waals surface area contributed by atoms with Gasteiger partial charge in [0.25, 0.3) is 5.91 Å². The minimum absolute atomic E-state index is 0.0564. The van der Waals surface area contributed by atoms with Gasteiger partial charge in [0, 0.05) is 17.7 Å². The second-order valence-electron chi connectivity index (χ2n) is 8.10. The quantitative estimate of drug-likeness (QED) is 0.516. The van der Waals surface area contributed by atoms with Crippen LogP contribution in [-0.4, -0.2) is 45.3 Å². The van der Waals surface area contributed by atoms with Gasteiger partial charge in [-0.15, -0.1) is 0 Å². The predicted molar refractivity (Wildman–Crippen MR) is 137 cm³/mol. The number of rotatable bonds is 7. The van der Waals surface area contributed by atoms with Crippen LogP contribution in [0.15, 0.2) is 94.9 Å². The van der Waals surface area contributed by atoms with Gasteiger partial charge in [0.05, 0.1) is 17.9 Å². The van der Waals surface area contributed by atoms with Crippen molar-refractivity contribution in [3.63, 3.8) is 0 Å². The summed E-state index contributed by atoms with van der Waals surface area (Å²) in [7, 11) is 0. The van der Waals surface area contributed by atoms with Crippen LogP contribution in [0.1, 0.15) is 27.9 Å². The number of aliphatic imine (C=N–C) groups is 2. The molecule has 0 spiro atoms. The molecule has 1 atom stereocenters. The van der Waals surface area contributed by atoms with Gasteiger partial charge in [-0.25, -0.2) is 9.89 Å². The fourth-order valence-corrected chi connectivity index (χ4v) is 4.81. The van der Waals surface area contributed by atoms with Crippen molar-refractivity contribution in [2.75, 3.05) is 5.75 Å². The van der Waals surface area contributed by atoms with Gasteiger partial charge in [-0.2, -0.15) is 0 Å². The Morgan fingerprint density at radius 2 is 1.60 bits per heavy atom. The van der Waals surface area contributed by atoms with Crippen LogP contribution in [0.4, 0.5) is 5.69 Å². The van der Waals surface area contributed by atoms with E-state index in [0.29, 0.717) is 28.8 Å². The highest BCUT2D eigenvalue weighted by atomic mass is 32.2. The number of carbonyl (C=O) groups is 3. The molecule has 7 nitrogen and oxygen atoms in total. The third kappa shape index (κ3) is 4.93. The highest BCUT2D eigenvalue weighted by molar-refractivity contribution is 8.14. The normalized spacial score (nSPS) is 16.2. The summed E-state index contributed by atoms with van der Waals surface area (Å²) in [6.07, 6.45) is -0.0608. The zero-order chi connectivity index (χ0) is 24.2. The lowest BCUT2D eigenvalue weighted by Crippen LogP contribution is -2.42. The monoisotopic (exact) mass is 482 g/mol. The zero-order valence-electron chi connectivity index (χ0n) is 18.8. The molecular weight excluding hydrogens is 460 g/mol. The number of hydrogen-bond donors (Lipinski definition) is 1. The number of amides is 2. The smallest absolute Gasteiger partial charge is 0.259 e. The maximum absolute atomic E-state index is 13.3. The lowest BCUT2D eigenvalue weighted by molar-refractivity contribution is -0.128. The third-order valence-corrected chi connectivity index (χ3v) is 6.63. The molecule has 8 heteroatoms. The molecule has 0 aromatic heterocycles. The number of fused-ring (bicyclic) bond motifs is 3. The average molecular weight is 483 g/mol. The molecular formula is C27H22N4O3S. The van der Waals surface area contributed by atoms with E-state index < -0.39 is 6.04 Å². The van der Waals surface area contributed by atoms with Crippen LogP contribution in [0, 0.1) is 0 Å². The first kappa shape index (κ1) is 22.7. The highest BCUT2D eigenvalue weighted by Crippen LogP contribution is 2.34. The summed E-state index contributed by atoms with van der Waals surface area (Å²) in [5.41, 5.74) is 2.99. The van der Waals surface area contributed by atoms with Crippen molar-refractivity contribution in [2.24, 2.45) is 9.98 Å². The number of ketones is 1. The second-order valence-corrected chi connectivity index (χ2v) is 9.04. The van der Waals surface area contributed by atoms with Crippen LogP contribution in [-0.2, 0) is 16.1 Å². The summed E-state index contributed by atoms with van der Waals surface area (Å²) in [6, 6.07) is 25.2. The largest absolute Gasteiger partial charge is 0.352 e. The Kier molecular flexibility index (Phi) is 6.54. The number of para-hydroxylation sites is 1. The number of thioether (sulfide) groups is 1. The predicted octanol–water partition coefficient (Wildman–Crippen LogP) is 3.97. The van der Waals surface area contributed by atoms with Crippen molar-refractivity contribution >= 4 is 46.1 Å². The molecule has 35 heavy (non-hydrogen) atoms. The molecule has 2 aliphatic rings. The van der Waals surface area contributed by atoms with E-state index in [4.69, 9.17) is 0 Å². The van der Waals surface area contributed by atoms with E-state index in [0.717, 1.165) is 11.1 Å². The van der Waals surface area contributed by atoms with E-state index in [1.54, 1.807) is 12.1 Å². The summed E-state index contributed by atoms with van der Waals surface area (Å²) in [6.45, 7) is 0.383. The average Bonchev–Trinajstić information content (AvgIpc) is 3.23. The number of benzene rings is 3. The van der Waals surface area contributed by atoms with Gasteiger partial charge in [0.1, 0.15) is 11.9 Å². The summed E-state index contributed by atoms with van der Waals surface area (Å²) in [5, 5.41) is 3.25. The fraction of sp³-hybridized carbons (Fsp3) is 0.148. The maximum atomic E-state index is 13.3. The van der Waals surface area contributed by atoms with Gasteiger partial charge in [0.2, 0.25) is 5.91 Å². The van der Waals surface area contributed by atoms with E-state index in [9.17, 15) is 14.4 Å². The van der Waals surface area contributed by atoms with E-state index in [2.05, 4.69) is 15.3 Å².